The van der Waals surface area contributed by atoms with Gasteiger partial charge in [0, 0.05) is 32.1 Å². The Labute approximate surface area is 141 Å². The van der Waals surface area contributed by atoms with Crippen LogP contribution in [0.25, 0.3) is 0 Å². The molecule has 1 aromatic rings. The number of nitrogens with zero attached hydrogens (tertiary/aromatic N) is 2. The van der Waals surface area contributed by atoms with Crippen LogP contribution >= 0.6 is 0 Å². The lowest BCUT2D eigenvalue weighted by atomic mass is 9.96. The van der Waals surface area contributed by atoms with Crippen molar-refractivity contribution in [3.05, 3.63) is 29.8 Å². The summed E-state index contributed by atoms with van der Waals surface area (Å²) in [5.74, 6) is -2.42. The summed E-state index contributed by atoms with van der Waals surface area (Å²) in [6, 6.07) is 2.55. The molecule has 8 heteroatoms. The molecule has 0 saturated carbocycles. The monoisotopic (exact) mass is 360 g/mol. The molecule has 1 fully saturated rings. The zero-order valence-electron chi connectivity index (χ0n) is 13.8. The maximum Gasteiger partial charge on any atom is 0.243 e. The topological polar surface area (TPSA) is 57.7 Å². The van der Waals surface area contributed by atoms with E-state index in [9.17, 15) is 22.0 Å². The van der Waals surface area contributed by atoms with Gasteiger partial charge in [-0.1, -0.05) is 0 Å². The van der Waals surface area contributed by atoms with Crippen molar-refractivity contribution in [2.24, 2.45) is 5.92 Å². The van der Waals surface area contributed by atoms with Crippen LogP contribution in [0.3, 0.4) is 0 Å². The fourth-order valence-corrected chi connectivity index (χ4v) is 4.41. The number of benzene rings is 1. The lowest BCUT2D eigenvalue weighted by Gasteiger charge is -2.33. The fourth-order valence-electron chi connectivity index (χ4n) is 2.92. The normalized spacial score (nSPS) is 17.0. The predicted octanol–water partition coefficient (Wildman–Crippen LogP) is 2.23. The molecule has 24 heavy (non-hydrogen) atoms. The van der Waals surface area contributed by atoms with Gasteiger partial charge in [-0.2, -0.15) is 4.31 Å². The molecule has 0 bridgehead atoms. The van der Waals surface area contributed by atoms with Crippen molar-refractivity contribution < 1.29 is 22.0 Å². The second-order valence-electron chi connectivity index (χ2n) is 5.76. The highest BCUT2D eigenvalue weighted by molar-refractivity contribution is 7.89. The van der Waals surface area contributed by atoms with Crippen LogP contribution in [0.15, 0.2) is 23.1 Å². The summed E-state index contributed by atoms with van der Waals surface area (Å²) in [6.45, 7) is 5.46. The summed E-state index contributed by atoms with van der Waals surface area (Å²) >= 11 is 0. The first-order valence-corrected chi connectivity index (χ1v) is 9.49. The number of hydrogen-bond donors (Lipinski definition) is 0. The SMILES string of the molecule is CCN(CC)C(=O)C1CCN(S(=O)(=O)c2ccc(F)c(F)c2)CC1. The second kappa shape index (κ2) is 7.57. The first-order valence-electron chi connectivity index (χ1n) is 8.05. The van der Waals surface area contributed by atoms with Gasteiger partial charge >= 0.3 is 0 Å². The number of piperidine rings is 1. The summed E-state index contributed by atoms with van der Waals surface area (Å²) in [4.78, 5) is 13.8. The van der Waals surface area contributed by atoms with Crippen molar-refractivity contribution in [1.29, 1.82) is 0 Å². The van der Waals surface area contributed by atoms with Crippen LogP contribution in [0.5, 0.6) is 0 Å². The Kier molecular flexibility index (Phi) is 5.92. The van der Waals surface area contributed by atoms with E-state index in [1.165, 1.54) is 4.31 Å². The van der Waals surface area contributed by atoms with Crippen molar-refractivity contribution >= 4 is 15.9 Å². The third kappa shape index (κ3) is 3.75. The first-order chi connectivity index (χ1) is 11.3. The van der Waals surface area contributed by atoms with Crippen molar-refractivity contribution in [3.8, 4) is 0 Å². The van der Waals surface area contributed by atoms with Crippen LogP contribution in [0.4, 0.5) is 8.78 Å². The molecule has 0 N–H and O–H groups in total. The van der Waals surface area contributed by atoms with Gasteiger partial charge in [-0.25, -0.2) is 17.2 Å². The molecule has 0 aliphatic carbocycles. The molecule has 0 aromatic heterocycles. The summed E-state index contributed by atoms with van der Waals surface area (Å²) in [5, 5.41) is 0. The lowest BCUT2D eigenvalue weighted by molar-refractivity contribution is -0.136. The van der Waals surface area contributed by atoms with E-state index in [0.717, 1.165) is 12.1 Å². The average Bonchev–Trinajstić information content (AvgIpc) is 2.58. The highest BCUT2D eigenvalue weighted by Gasteiger charge is 2.33. The maximum absolute atomic E-state index is 13.3. The molecular weight excluding hydrogens is 338 g/mol. The van der Waals surface area contributed by atoms with Gasteiger partial charge < -0.3 is 4.90 Å². The van der Waals surface area contributed by atoms with E-state index in [0.29, 0.717) is 32.0 Å². The van der Waals surface area contributed by atoms with Crippen molar-refractivity contribution in [3.63, 3.8) is 0 Å². The van der Waals surface area contributed by atoms with E-state index >= 15 is 0 Å². The second-order valence-corrected chi connectivity index (χ2v) is 7.70. The molecule has 0 spiro atoms. The summed E-state index contributed by atoms with van der Waals surface area (Å²) in [5.41, 5.74) is 0. The number of carbonyl (C=O) groups excluding carboxylic acids is 1. The third-order valence-corrected chi connectivity index (χ3v) is 6.30. The minimum Gasteiger partial charge on any atom is -0.343 e. The van der Waals surface area contributed by atoms with Gasteiger partial charge in [0.15, 0.2) is 11.6 Å². The molecule has 1 aromatic carbocycles. The smallest absolute Gasteiger partial charge is 0.243 e. The van der Waals surface area contributed by atoms with Crippen molar-refractivity contribution in [2.45, 2.75) is 31.6 Å². The molecular formula is C16H22F2N2O3S. The van der Waals surface area contributed by atoms with Crippen LogP contribution < -0.4 is 0 Å². The summed E-state index contributed by atoms with van der Waals surface area (Å²) in [6.07, 6.45) is 0.858. The number of carbonyl (C=O) groups is 1. The first kappa shape index (κ1) is 18.8. The largest absolute Gasteiger partial charge is 0.343 e. The van der Waals surface area contributed by atoms with E-state index in [1.807, 2.05) is 13.8 Å². The minimum atomic E-state index is -3.88. The Balaban J connectivity index is 2.08. The molecule has 0 atom stereocenters. The molecule has 0 radical (unpaired) electrons. The van der Waals surface area contributed by atoms with Gasteiger partial charge in [0.2, 0.25) is 15.9 Å². The van der Waals surface area contributed by atoms with E-state index in [1.54, 1.807) is 4.90 Å². The molecule has 134 valence electrons. The maximum atomic E-state index is 13.3. The van der Waals surface area contributed by atoms with E-state index in [4.69, 9.17) is 0 Å². The van der Waals surface area contributed by atoms with E-state index in [2.05, 4.69) is 0 Å². The number of rotatable bonds is 5. The Hall–Kier alpha value is -1.54. The van der Waals surface area contributed by atoms with Gasteiger partial charge in [0.25, 0.3) is 0 Å². The number of amides is 1. The number of halogens is 2. The summed E-state index contributed by atoms with van der Waals surface area (Å²) in [7, 11) is -3.88. The van der Waals surface area contributed by atoms with Gasteiger partial charge in [-0.3, -0.25) is 4.79 Å². The zero-order chi connectivity index (χ0) is 17.9. The standard InChI is InChI=1S/C16H22F2N2O3S/c1-3-19(4-2)16(21)12-7-9-20(10-8-12)24(22,23)13-5-6-14(17)15(18)11-13/h5-6,11-12H,3-4,7-10H2,1-2H3. The molecule has 2 rings (SSSR count). The number of hydrogen-bond acceptors (Lipinski definition) is 3. The van der Waals surface area contributed by atoms with Gasteiger partial charge in [0.1, 0.15) is 0 Å². The highest BCUT2D eigenvalue weighted by atomic mass is 32.2. The molecule has 1 heterocycles. The Morgan fingerprint density at radius 3 is 2.25 bits per heavy atom. The molecule has 1 amide bonds. The molecule has 1 aliphatic rings. The third-order valence-electron chi connectivity index (χ3n) is 4.41. The van der Waals surface area contributed by atoms with Gasteiger partial charge in [-0.05, 0) is 44.9 Å². The zero-order valence-corrected chi connectivity index (χ0v) is 14.7. The van der Waals surface area contributed by atoms with E-state index < -0.39 is 21.7 Å². The molecule has 0 unspecified atom stereocenters. The highest BCUT2D eigenvalue weighted by Crippen LogP contribution is 2.25. The van der Waals surface area contributed by atoms with Crippen LogP contribution in [-0.4, -0.2) is 49.7 Å². The minimum absolute atomic E-state index is 0.0462. The van der Waals surface area contributed by atoms with Crippen LogP contribution in [-0.2, 0) is 14.8 Å². The van der Waals surface area contributed by atoms with Gasteiger partial charge in [0.05, 0.1) is 4.90 Å². The van der Waals surface area contributed by atoms with Crippen LogP contribution in [0, 0.1) is 17.6 Å². The fraction of sp³-hybridized carbons (Fsp3) is 0.562. The molecule has 1 saturated heterocycles. The molecule has 1 aliphatic heterocycles. The Bertz CT molecular complexity index is 697. The van der Waals surface area contributed by atoms with Crippen LogP contribution in [0.1, 0.15) is 26.7 Å². The predicted molar refractivity (Wildman–Crippen MR) is 85.8 cm³/mol. The quantitative estimate of drug-likeness (QED) is 0.809. The Morgan fingerprint density at radius 2 is 1.75 bits per heavy atom. The van der Waals surface area contributed by atoms with Gasteiger partial charge in [-0.15, -0.1) is 0 Å². The Morgan fingerprint density at radius 1 is 1.17 bits per heavy atom. The molecule has 5 nitrogen and oxygen atoms in total. The van der Waals surface area contributed by atoms with Crippen molar-refractivity contribution in [1.82, 2.24) is 9.21 Å². The average molecular weight is 360 g/mol. The van der Waals surface area contributed by atoms with Crippen LogP contribution in [0.2, 0.25) is 0 Å². The van der Waals surface area contributed by atoms with E-state index in [-0.39, 0.29) is 29.8 Å². The van der Waals surface area contributed by atoms with Crippen molar-refractivity contribution in [2.75, 3.05) is 26.2 Å². The number of sulfonamides is 1. The lowest BCUT2D eigenvalue weighted by Crippen LogP contribution is -2.44. The summed E-state index contributed by atoms with van der Waals surface area (Å²) < 4.78 is 52.5.